The molecule has 1 aromatic rings. The summed E-state index contributed by atoms with van der Waals surface area (Å²) in [6.45, 7) is 1.99. The summed E-state index contributed by atoms with van der Waals surface area (Å²) in [6.07, 6.45) is 2.40. The van der Waals surface area contributed by atoms with Crippen LogP contribution in [0.15, 0.2) is 18.2 Å². The first-order valence-corrected chi connectivity index (χ1v) is 8.09. The molecule has 1 aromatic carbocycles. The summed E-state index contributed by atoms with van der Waals surface area (Å²) in [5.41, 5.74) is 1.20. The van der Waals surface area contributed by atoms with Gasteiger partial charge < -0.3 is 15.2 Å². The number of amides is 1. The summed E-state index contributed by atoms with van der Waals surface area (Å²) in [5, 5.41) is 11.7. The molecule has 0 heterocycles. The second-order valence-electron chi connectivity index (χ2n) is 4.52. The first-order chi connectivity index (χ1) is 10.1. The van der Waals surface area contributed by atoms with E-state index in [0.29, 0.717) is 23.3 Å². The summed E-state index contributed by atoms with van der Waals surface area (Å²) in [5.74, 6) is 7.12. The predicted octanol–water partition coefficient (Wildman–Crippen LogP) is 1.91. The summed E-state index contributed by atoms with van der Waals surface area (Å²) in [7, 11) is 1.56. The molecular weight excluding hydrogens is 286 g/mol. The molecule has 1 atom stereocenters. The number of hydrogen-bond donors (Lipinski definition) is 2. The van der Waals surface area contributed by atoms with Crippen LogP contribution < -0.4 is 10.1 Å². The van der Waals surface area contributed by atoms with Crippen molar-refractivity contribution in [3.63, 3.8) is 0 Å². The van der Waals surface area contributed by atoms with Gasteiger partial charge in [-0.2, -0.15) is 11.8 Å². The number of thioether (sulfide) groups is 1. The van der Waals surface area contributed by atoms with Gasteiger partial charge in [0, 0.05) is 23.8 Å². The Balaban J connectivity index is 2.92. The van der Waals surface area contributed by atoms with E-state index in [1.165, 1.54) is 0 Å². The van der Waals surface area contributed by atoms with Gasteiger partial charge in [-0.1, -0.05) is 11.8 Å². The van der Waals surface area contributed by atoms with Crippen molar-refractivity contribution in [2.24, 2.45) is 0 Å². The molecule has 0 aromatic heterocycles. The molecule has 0 fully saturated rings. The van der Waals surface area contributed by atoms with E-state index in [1.807, 2.05) is 13.2 Å². The number of carbonyl (C=O) groups is 1. The minimum Gasteiger partial charge on any atom is -0.495 e. The lowest BCUT2D eigenvalue weighted by atomic mass is 10.1. The van der Waals surface area contributed by atoms with Crippen molar-refractivity contribution in [2.75, 3.05) is 25.7 Å². The van der Waals surface area contributed by atoms with Crippen LogP contribution in [0.4, 0.5) is 0 Å². The molecule has 0 aliphatic carbocycles. The zero-order valence-electron chi connectivity index (χ0n) is 12.6. The number of rotatable bonds is 6. The molecule has 1 rings (SSSR count). The molecule has 21 heavy (non-hydrogen) atoms. The Morgan fingerprint density at radius 2 is 2.29 bits per heavy atom. The highest BCUT2D eigenvalue weighted by atomic mass is 32.2. The lowest BCUT2D eigenvalue weighted by Crippen LogP contribution is -2.34. The van der Waals surface area contributed by atoms with Gasteiger partial charge in [0.2, 0.25) is 0 Å². The zero-order chi connectivity index (χ0) is 15.7. The average molecular weight is 307 g/mol. The van der Waals surface area contributed by atoms with Crippen LogP contribution in [0.25, 0.3) is 0 Å². The van der Waals surface area contributed by atoms with E-state index in [0.717, 1.165) is 5.75 Å². The molecule has 0 radical (unpaired) electrons. The third-order valence-electron chi connectivity index (χ3n) is 2.72. The minimum atomic E-state index is -0.121. The largest absolute Gasteiger partial charge is 0.495 e. The fourth-order valence-corrected chi connectivity index (χ4v) is 2.34. The molecule has 1 unspecified atom stereocenters. The van der Waals surface area contributed by atoms with Crippen molar-refractivity contribution < 1.29 is 14.6 Å². The predicted molar refractivity (Wildman–Crippen MR) is 86.9 cm³/mol. The molecule has 0 saturated heterocycles. The summed E-state index contributed by atoms with van der Waals surface area (Å²) in [6, 6.07) is 5.28. The molecule has 0 spiro atoms. The van der Waals surface area contributed by atoms with Crippen LogP contribution in [0.1, 0.15) is 29.3 Å². The third-order valence-corrected chi connectivity index (χ3v) is 3.55. The number of hydrogen-bond acceptors (Lipinski definition) is 4. The number of methoxy groups -OCH3 is 1. The smallest absolute Gasteiger partial charge is 0.251 e. The van der Waals surface area contributed by atoms with Crippen molar-refractivity contribution in [1.29, 1.82) is 0 Å². The average Bonchev–Trinajstić information content (AvgIpc) is 2.47. The van der Waals surface area contributed by atoms with Gasteiger partial charge in [-0.15, -0.1) is 0 Å². The lowest BCUT2D eigenvalue weighted by molar-refractivity contribution is 0.0943. The molecular formula is C16H21NO3S. The summed E-state index contributed by atoms with van der Waals surface area (Å²) >= 11 is 1.69. The van der Waals surface area contributed by atoms with Crippen LogP contribution in [0.5, 0.6) is 5.75 Å². The maximum atomic E-state index is 12.2. The number of nitrogens with one attached hydrogen (secondary N) is 1. The Bertz CT molecular complexity index is 534. The molecule has 0 bridgehead atoms. The van der Waals surface area contributed by atoms with Crippen LogP contribution in [-0.2, 0) is 0 Å². The van der Waals surface area contributed by atoms with Gasteiger partial charge in [0.15, 0.2) is 0 Å². The molecule has 4 nitrogen and oxygen atoms in total. The van der Waals surface area contributed by atoms with E-state index < -0.39 is 0 Å². The standard InChI is InChI=1S/C16H21NO3S/c1-12(11-21-3)17-16(19)14-7-8-15(20-2)13(10-14)6-4-5-9-18/h7-8,10,12,18H,5,9,11H2,1-3H3,(H,17,19). The summed E-state index contributed by atoms with van der Waals surface area (Å²) < 4.78 is 5.23. The molecule has 0 aliphatic heterocycles. The first kappa shape index (κ1) is 17.4. The topological polar surface area (TPSA) is 58.6 Å². The Morgan fingerprint density at radius 3 is 2.90 bits per heavy atom. The second kappa shape index (κ2) is 9.32. The number of aliphatic hydroxyl groups excluding tert-OH is 1. The number of ether oxygens (including phenoxy) is 1. The van der Waals surface area contributed by atoms with Gasteiger partial charge in [-0.3, -0.25) is 4.79 Å². The van der Waals surface area contributed by atoms with E-state index in [1.54, 1.807) is 37.1 Å². The van der Waals surface area contributed by atoms with Gasteiger partial charge >= 0.3 is 0 Å². The highest BCUT2D eigenvalue weighted by Crippen LogP contribution is 2.19. The van der Waals surface area contributed by atoms with E-state index in [4.69, 9.17) is 9.84 Å². The molecule has 5 heteroatoms. The van der Waals surface area contributed by atoms with E-state index in [2.05, 4.69) is 17.2 Å². The van der Waals surface area contributed by atoms with Gasteiger partial charge in [0.25, 0.3) is 5.91 Å². The highest BCUT2D eigenvalue weighted by Gasteiger charge is 2.11. The second-order valence-corrected chi connectivity index (χ2v) is 5.43. The Kier molecular flexibility index (Phi) is 7.73. The monoisotopic (exact) mass is 307 g/mol. The Labute approximate surface area is 130 Å². The molecule has 1 amide bonds. The van der Waals surface area contributed by atoms with Crippen molar-refractivity contribution in [3.8, 4) is 17.6 Å². The van der Waals surface area contributed by atoms with Crippen LogP contribution in [0.2, 0.25) is 0 Å². The molecule has 0 aliphatic rings. The van der Waals surface area contributed by atoms with Crippen molar-refractivity contribution in [3.05, 3.63) is 29.3 Å². The quantitative estimate of drug-likeness (QED) is 0.788. The fraction of sp³-hybridized carbons (Fsp3) is 0.438. The molecule has 0 saturated carbocycles. The summed E-state index contributed by atoms with van der Waals surface area (Å²) in [4.78, 5) is 12.2. The maximum Gasteiger partial charge on any atom is 0.251 e. The SMILES string of the molecule is COc1ccc(C(=O)NC(C)CSC)cc1C#CCCO. The Hall–Kier alpha value is -1.64. The first-order valence-electron chi connectivity index (χ1n) is 6.70. The number of benzene rings is 1. The van der Waals surface area contributed by atoms with Gasteiger partial charge in [-0.25, -0.2) is 0 Å². The van der Waals surface area contributed by atoms with Crippen LogP contribution in [0.3, 0.4) is 0 Å². The number of aliphatic hydroxyl groups is 1. The van der Waals surface area contributed by atoms with Crippen molar-refractivity contribution >= 4 is 17.7 Å². The van der Waals surface area contributed by atoms with Crippen molar-refractivity contribution in [2.45, 2.75) is 19.4 Å². The number of carbonyl (C=O) groups excluding carboxylic acids is 1. The fourth-order valence-electron chi connectivity index (χ4n) is 1.76. The third kappa shape index (κ3) is 5.70. The van der Waals surface area contributed by atoms with E-state index >= 15 is 0 Å². The van der Waals surface area contributed by atoms with Gasteiger partial charge in [0.1, 0.15) is 5.75 Å². The molecule has 2 N–H and O–H groups in total. The van der Waals surface area contributed by atoms with Crippen LogP contribution >= 0.6 is 11.8 Å². The van der Waals surface area contributed by atoms with Gasteiger partial charge in [0.05, 0.1) is 19.3 Å². The molecule has 114 valence electrons. The van der Waals surface area contributed by atoms with Crippen LogP contribution in [-0.4, -0.2) is 42.8 Å². The lowest BCUT2D eigenvalue weighted by Gasteiger charge is -2.13. The Morgan fingerprint density at radius 1 is 1.52 bits per heavy atom. The van der Waals surface area contributed by atoms with E-state index in [9.17, 15) is 4.79 Å². The van der Waals surface area contributed by atoms with Crippen molar-refractivity contribution in [1.82, 2.24) is 5.32 Å². The maximum absolute atomic E-state index is 12.2. The highest BCUT2D eigenvalue weighted by molar-refractivity contribution is 7.98. The van der Waals surface area contributed by atoms with Gasteiger partial charge in [-0.05, 0) is 31.4 Å². The minimum absolute atomic E-state index is 0.0156. The van der Waals surface area contributed by atoms with E-state index in [-0.39, 0.29) is 18.6 Å². The normalized spacial score (nSPS) is 11.2. The zero-order valence-corrected chi connectivity index (χ0v) is 13.4. The van der Waals surface area contributed by atoms with Crippen LogP contribution in [0, 0.1) is 11.8 Å².